The van der Waals surface area contributed by atoms with E-state index in [2.05, 4.69) is 76.4 Å². The molecule has 0 bridgehead atoms. The molecular formula is C36H40N2O2. The summed E-state index contributed by atoms with van der Waals surface area (Å²) in [7, 11) is 0. The van der Waals surface area contributed by atoms with E-state index in [1.54, 1.807) is 12.1 Å². The van der Waals surface area contributed by atoms with Crippen molar-refractivity contribution >= 4 is 22.9 Å². The molecule has 4 heteroatoms. The highest BCUT2D eigenvalue weighted by atomic mass is 16.1. The summed E-state index contributed by atoms with van der Waals surface area (Å²) in [4.78, 5) is 28.3. The van der Waals surface area contributed by atoms with Gasteiger partial charge in [0.2, 0.25) is 0 Å². The van der Waals surface area contributed by atoms with Crippen LogP contribution >= 0.6 is 0 Å². The first kappa shape index (κ1) is 27.6. The molecule has 2 aliphatic carbocycles. The number of carbonyl (C=O) groups is 2. The van der Waals surface area contributed by atoms with Gasteiger partial charge in [-0.3, -0.25) is 9.59 Å². The minimum atomic E-state index is -0.619. The Morgan fingerprint density at radius 3 is 1.20 bits per heavy atom. The van der Waals surface area contributed by atoms with Crippen molar-refractivity contribution in [3.63, 3.8) is 0 Å². The van der Waals surface area contributed by atoms with E-state index in [1.165, 1.54) is 33.4 Å². The van der Waals surface area contributed by atoms with E-state index in [4.69, 9.17) is 0 Å². The lowest BCUT2D eigenvalue weighted by Gasteiger charge is -2.37. The van der Waals surface area contributed by atoms with E-state index in [0.717, 1.165) is 48.5 Å². The smallest absolute Gasteiger partial charge is 0.173 e. The summed E-state index contributed by atoms with van der Waals surface area (Å²) in [5.74, 6) is -1.26. The van der Waals surface area contributed by atoms with Gasteiger partial charge < -0.3 is 10.6 Å². The van der Waals surface area contributed by atoms with E-state index in [-0.39, 0.29) is 11.6 Å². The molecular weight excluding hydrogens is 492 g/mol. The van der Waals surface area contributed by atoms with Gasteiger partial charge in [0.05, 0.1) is 11.8 Å². The number of hydrogen-bond acceptors (Lipinski definition) is 4. The maximum absolute atomic E-state index is 14.2. The Bertz CT molecular complexity index is 1390. The van der Waals surface area contributed by atoms with Crippen molar-refractivity contribution < 1.29 is 9.59 Å². The lowest BCUT2D eigenvalue weighted by Crippen LogP contribution is -2.43. The molecule has 0 heterocycles. The molecule has 2 unspecified atom stereocenters. The van der Waals surface area contributed by atoms with Gasteiger partial charge in [0.1, 0.15) is 0 Å². The van der Waals surface area contributed by atoms with E-state index in [1.807, 2.05) is 24.3 Å². The van der Waals surface area contributed by atoms with E-state index >= 15 is 0 Å². The lowest BCUT2D eigenvalue weighted by molar-refractivity contribution is 0.0787. The molecule has 40 heavy (non-hydrogen) atoms. The molecule has 0 radical (unpaired) electrons. The molecule has 2 aliphatic rings. The highest BCUT2D eigenvalue weighted by Gasteiger charge is 2.46. The predicted octanol–water partition coefficient (Wildman–Crippen LogP) is 8.17. The third-order valence-corrected chi connectivity index (χ3v) is 8.42. The molecule has 0 saturated heterocycles. The molecule has 0 aromatic heterocycles. The summed E-state index contributed by atoms with van der Waals surface area (Å²) in [6.07, 6.45) is 7.53. The van der Waals surface area contributed by atoms with Gasteiger partial charge in [0.25, 0.3) is 0 Å². The number of nitrogens with one attached hydrogen (secondary N) is 2. The minimum absolute atomic E-state index is 0.00936. The Kier molecular flexibility index (Phi) is 7.80. The number of rotatable bonds is 8. The molecule has 4 nitrogen and oxygen atoms in total. The van der Waals surface area contributed by atoms with E-state index in [0.29, 0.717) is 11.1 Å². The topological polar surface area (TPSA) is 58.2 Å². The fraction of sp³-hybridized carbons (Fsp3) is 0.333. The lowest BCUT2D eigenvalue weighted by atomic mass is 9.69. The number of carbonyl (C=O) groups excluding carboxylic acids is 2. The number of hydrogen-bond donors (Lipinski definition) is 2. The van der Waals surface area contributed by atoms with Gasteiger partial charge in [-0.05, 0) is 73.9 Å². The van der Waals surface area contributed by atoms with E-state index < -0.39 is 11.8 Å². The van der Waals surface area contributed by atoms with Crippen LogP contribution in [0.5, 0.6) is 0 Å². The van der Waals surface area contributed by atoms with Crippen molar-refractivity contribution in [1.29, 1.82) is 0 Å². The van der Waals surface area contributed by atoms with Crippen LogP contribution in [0.1, 0.15) is 81.8 Å². The molecule has 2 N–H and O–H groups in total. The third kappa shape index (κ3) is 4.81. The second-order valence-corrected chi connectivity index (χ2v) is 11.1. The zero-order valence-electron chi connectivity index (χ0n) is 24.6. The van der Waals surface area contributed by atoms with E-state index in [9.17, 15) is 9.59 Å². The van der Waals surface area contributed by atoms with Gasteiger partial charge in [-0.15, -0.1) is 0 Å². The average Bonchev–Trinajstić information content (AvgIpc) is 2.97. The summed E-state index contributed by atoms with van der Waals surface area (Å²) >= 11 is 0. The molecule has 3 aromatic rings. The summed E-state index contributed by atoms with van der Waals surface area (Å²) in [6, 6.07) is 16.1. The maximum atomic E-state index is 14.2. The highest BCUT2D eigenvalue weighted by molar-refractivity contribution is 6.18. The largest absolute Gasteiger partial charge is 0.358 e. The third-order valence-electron chi connectivity index (χ3n) is 8.42. The van der Waals surface area contributed by atoms with Gasteiger partial charge in [-0.1, -0.05) is 87.4 Å². The average molecular weight is 533 g/mol. The Labute approximate surface area is 238 Å². The molecule has 5 rings (SSSR count). The highest BCUT2D eigenvalue weighted by Crippen LogP contribution is 2.43. The second-order valence-electron chi connectivity index (χ2n) is 11.1. The zero-order valence-corrected chi connectivity index (χ0v) is 24.6. The number of anilines is 2. The molecule has 0 aliphatic heterocycles. The van der Waals surface area contributed by atoms with Gasteiger partial charge in [0, 0.05) is 33.9 Å². The Balaban J connectivity index is 1.66. The number of benzene rings is 3. The predicted molar refractivity (Wildman–Crippen MR) is 165 cm³/mol. The number of fused-ring (bicyclic) bond motifs is 2. The van der Waals surface area contributed by atoms with Crippen LogP contribution in [0.4, 0.5) is 11.4 Å². The number of aryl methyl sites for hydroxylation is 6. The van der Waals surface area contributed by atoms with Crippen LogP contribution in [0.15, 0.2) is 72.1 Å². The van der Waals surface area contributed by atoms with Gasteiger partial charge >= 0.3 is 0 Å². The Hall–Kier alpha value is -3.92. The number of allylic oxidation sites excluding steroid dienone is 4. The van der Waals surface area contributed by atoms with Gasteiger partial charge in [0.15, 0.2) is 11.6 Å². The molecule has 3 aromatic carbocycles. The first-order chi connectivity index (χ1) is 19.3. The van der Waals surface area contributed by atoms with Crippen molar-refractivity contribution in [2.45, 2.75) is 67.2 Å². The van der Waals surface area contributed by atoms with Crippen LogP contribution in [0, 0.1) is 25.7 Å². The first-order valence-electron chi connectivity index (χ1n) is 14.7. The minimum Gasteiger partial charge on any atom is -0.358 e. The quantitative estimate of drug-likeness (QED) is 0.307. The SMILES string of the molecule is CCc1cc(C)cc(CC)c1NC1=CC=C(Nc2c(CC)cc(C)cc2CC)C2C(=O)c3ccccc3C(=O)C12. The first-order valence-corrected chi connectivity index (χ1v) is 14.7. The molecule has 0 spiro atoms. The fourth-order valence-electron chi connectivity index (χ4n) is 6.43. The van der Waals surface area contributed by atoms with Crippen LogP contribution < -0.4 is 10.6 Å². The van der Waals surface area contributed by atoms with Crippen LogP contribution in [-0.4, -0.2) is 11.6 Å². The van der Waals surface area contributed by atoms with Crippen molar-refractivity contribution in [3.8, 4) is 0 Å². The number of ketones is 2. The molecule has 2 atom stereocenters. The van der Waals surface area contributed by atoms with Crippen molar-refractivity contribution in [1.82, 2.24) is 0 Å². The van der Waals surface area contributed by atoms with Crippen LogP contribution in [0.3, 0.4) is 0 Å². The molecule has 206 valence electrons. The molecule has 0 saturated carbocycles. The fourth-order valence-corrected chi connectivity index (χ4v) is 6.43. The van der Waals surface area contributed by atoms with Crippen molar-refractivity contribution in [2.75, 3.05) is 10.6 Å². The number of Topliss-reactive ketones (excluding diaryl/α,β-unsaturated/α-hetero) is 2. The van der Waals surface area contributed by atoms with Crippen LogP contribution in [0.2, 0.25) is 0 Å². The second kappa shape index (κ2) is 11.3. The maximum Gasteiger partial charge on any atom is 0.173 e. The van der Waals surface area contributed by atoms with Crippen LogP contribution in [-0.2, 0) is 25.7 Å². The van der Waals surface area contributed by atoms with Gasteiger partial charge in [-0.2, -0.15) is 0 Å². The van der Waals surface area contributed by atoms with Crippen LogP contribution in [0.25, 0.3) is 0 Å². The standard InChI is InChI=1S/C36H40N2O2/c1-7-23-17-21(5)18-24(8-2)33(23)37-29-15-16-30(38-34-25(9-3)19-22(6)20-26(34)10-4)32-31(29)35(39)27-13-11-12-14-28(27)36(32)40/h11-20,31-32,37-38H,7-10H2,1-6H3. The summed E-state index contributed by atoms with van der Waals surface area (Å²) in [5.41, 5.74) is 12.1. The van der Waals surface area contributed by atoms with Gasteiger partial charge in [-0.25, -0.2) is 0 Å². The zero-order chi connectivity index (χ0) is 28.6. The van der Waals surface area contributed by atoms with Crippen molar-refractivity contribution in [2.24, 2.45) is 11.8 Å². The molecule has 0 fully saturated rings. The monoisotopic (exact) mass is 532 g/mol. The Morgan fingerprint density at radius 2 is 0.900 bits per heavy atom. The summed E-state index contributed by atoms with van der Waals surface area (Å²) in [6.45, 7) is 12.9. The normalized spacial score (nSPS) is 18.1. The molecule has 0 amide bonds. The van der Waals surface area contributed by atoms with Crippen molar-refractivity contribution in [3.05, 3.63) is 117 Å². The summed E-state index contributed by atoms with van der Waals surface area (Å²) < 4.78 is 0. The summed E-state index contributed by atoms with van der Waals surface area (Å²) in [5, 5.41) is 7.36. The Morgan fingerprint density at radius 1 is 0.575 bits per heavy atom.